The fraction of sp³-hybridized carbons (Fsp3) is 0.0667. The minimum atomic E-state index is -0.379. The fourth-order valence-electron chi connectivity index (χ4n) is 2.05. The van der Waals surface area contributed by atoms with Crippen LogP contribution >= 0.6 is 0 Å². The average molecular weight is 252 g/mol. The van der Waals surface area contributed by atoms with Crippen LogP contribution in [0.3, 0.4) is 0 Å². The molecule has 0 saturated carbocycles. The number of rotatable bonds is 2. The summed E-state index contributed by atoms with van der Waals surface area (Å²) < 4.78 is 5.88. The summed E-state index contributed by atoms with van der Waals surface area (Å²) in [6.07, 6.45) is 0.806. The van der Waals surface area contributed by atoms with Crippen LogP contribution in [0.1, 0.15) is 11.7 Å². The van der Waals surface area contributed by atoms with Crippen LogP contribution in [-0.4, -0.2) is 17.0 Å². The Morgan fingerprint density at radius 2 is 1.95 bits per heavy atom. The van der Waals surface area contributed by atoms with Crippen LogP contribution in [0.2, 0.25) is 0 Å². The van der Waals surface area contributed by atoms with Gasteiger partial charge in [-0.3, -0.25) is 0 Å². The number of hydrogen-bond donors (Lipinski definition) is 2. The van der Waals surface area contributed by atoms with Crippen LogP contribution in [0.5, 0.6) is 11.5 Å². The zero-order valence-corrected chi connectivity index (χ0v) is 10.1. The minimum Gasteiger partial charge on any atom is -0.508 e. The van der Waals surface area contributed by atoms with E-state index in [1.807, 2.05) is 30.3 Å². The topological polar surface area (TPSA) is 65.7 Å². The maximum Gasteiger partial charge on any atom is 0.167 e. The lowest BCUT2D eigenvalue weighted by Crippen LogP contribution is -2.22. The first-order chi connectivity index (χ1) is 9.28. The van der Waals surface area contributed by atoms with E-state index in [1.165, 1.54) is 12.3 Å². The maximum atomic E-state index is 9.45. The van der Waals surface area contributed by atoms with E-state index in [0.29, 0.717) is 17.1 Å². The van der Waals surface area contributed by atoms with E-state index in [0.717, 1.165) is 5.56 Å². The molecule has 1 aliphatic heterocycles. The molecule has 1 aliphatic rings. The molecule has 94 valence electrons. The van der Waals surface area contributed by atoms with Crippen molar-refractivity contribution < 1.29 is 9.84 Å². The van der Waals surface area contributed by atoms with Gasteiger partial charge in [-0.05, 0) is 17.7 Å². The van der Waals surface area contributed by atoms with Crippen molar-refractivity contribution >= 4 is 17.6 Å². The molecule has 0 aliphatic carbocycles. The quantitative estimate of drug-likeness (QED) is 0.806. The summed E-state index contributed by atoms with van der Waals surface area (Å²) in [5.74, 6) is 0.742. The Bertz CT molecular complexity index is 650. The van der Waals surface area contributed by atoms with Gasteiger partial charge in [0.05, 0.1) is 0 Å². The highest BCUT2D eigenvalue weighted by Crippen LogP contribution is 2.38. The van der Waals surface area contributed by atoms with Crippen molar-refractivity contribution in [2.24, 2.45) is 4.99 Å². The molecule has 0 bridgehead atoms. The van der Waals surface area contributed by atoms with E-state index < -0.39 is 0 Å². The maximum absolute atomic E-state index is 9.45. The fourth-order valence-corrected chi connectivity index (χ4v) is 2.05. The van der Waals surface area contributed by atoms with Crippen LogP contribution in [0.15, 0.2) is 53.5 Å². The van der Waals surface area contributed by atoms with Crippen LogP contribution in [0, 0.1) is 5.41 Å². The summed E-state index contributed by atoms with van der Waals surface area (Å²) in [7, 11) is 0. The predicted octanol–water partition coefficient (Wildman–Crippen LogP) is 3.25. The van der Waals surface area contributed by atoms with Gasteiger partial charge in [0.15, 0.2) is 6.10 Å². The normalized spacial score (nSPS) is 17.1. The summed E-state index contributed by atoms with van der Waals surface area (Å²) in [6.45, 7) is 0. The molecule has 1 atom stereocenters. The van der Waals surface area contributed by atoms with Crippen LogP contribution < -0.4 is 4.74 Å². The van der Waals surface area contributed by atoms with E-state index in [4.69, 9.17) is 10.1 Å². The van der Waals surface area contributed by atoms with Crippen molar-refractivity contribution in [3.05, 3.63) is 54.1 Å². The molecule has 4 heteroatoms. The summed E-state index contributed by atoms with van der Waals surface area (Å²) in [6, 6.07) is 14.4. The Kier molecular flexibility index (Phi) is 2.76. The molecule has 0 amide bonds. The van der Waals surface area contributed by atoms with E-state index in [9.17, 15) is 5.11 Å². The van der Waals surface area contributed by atoms with Gasteiger partial charge < -0.3 is 15.3 Å². The van der Waals surface area contributed by atoms with Gasteiger partial charge in [-0.2, -0.15) is 0 Å². The Hall–Kier alpha value is -2.62. The Labute approximate surface area is 110 Å². The van der Waals surface area contributed by atoms with E-state index >= 15 is 0 Å². The number of nitrogens with one attached hydrogen (secondary N) is 1. The molecular weight excluding hydrogens is 240 g/mol. The zero-order valence-electron chi connectivity index (χ0n) is 10.1. The molecular formula is C15H12N2O2. The van der Waals surface area contributed by atoms with Crippen molar-refractivity contribution in [1.29, 1.82) is 5.41 Å². The summed E-state index contributed by atoms with van der Waals surface area (Å²) in [5, 5.41) is 16.9. The highest BCUT2D eigenvalue weighted by Gasteiger charge is 2.24. The number of aliphatic imine (C=N–C) groups is 1. The first kappa shape index (κ1) is 11.5. The van der Waals surface area contributed by atoms with Crippen molar-refractivity contribution in [2.45, 2.75) is 6.10 Å². The SMILES string of the molecule is N=CC1=Nc2cc(O)ccc2OC1c1ccccc1. The van der Waals surface area contributed by atoms with E-state index in [-0.39, 0.29) is 11.9 Å². The van der Waals surface area contributed by atoms with Gasteiger partial charge in [0.25, 0.3) is 0 Å². The van der Waals surface area contributed by atoms with Crippen molar-refractivity contribution in [1.82, 2.24) is 0 Å². The first-order valence-corrected chi connectivity index (χ1v) is 5.91. The number of aromatic hydroxyl groups is 1. The van der Waals surface area contributed by atoms with Gasteiger partial charge >= 0.3 is 0 Å². The molecule has 0 fully saturated rings. The molecule has 1 heterocycles. The summed E-state index contributed by atoms with van der Waals surface area (Å²) >= 11 is 0. The molecule has 0 aromatic heterocycles. The van der Waals surface area contributed by atoms with Gasteiger partial charge in [-0.15, -0.1) is 0 Å². The molecule has 0 saturated heterocycles. The third kappa shape index (κ3) is 2.08. The van der Waals surface area contributed by atoms with E-state index in [2.05, 4.69) is 4.99 Å². The van der Waals surface area contributed by atoms with Crippen LogP contribution in [0.25, 0.3) is 0 Å². The number of nitrogens with zero attached hydrogens (tertiary/aromatic N) is 1. The third-order valence-electron chi connectivity index (χ3n) is 2.96. The molecule has 0 spiro atoms. The Morgan fingerprint density at radius 3 is 2.68 bits per heavy atom. The largest absolute Gasteiger partial charge is 0.508 e. The Balaban J connectivity index is 2.07. The Morgan fingerprint density at radius 1 is 1.16 bits per heavy atom. The average Bonchev–Trinajstić information content (AvgIpc) is 2.46. The van der Waals surface area contributed by atoms with Gasteiger partial charge in [0.2, 0.25) is 0 Å². The second kappa shape index (κ2) is 4.57. The van der Waals surface area contributed by atoms with Crippen molar-refractivity contribution in [3.63, 3.8) is 0 Å². The number of benzene rings is 2. The lowest BCUT2D eigenvalue weighted by atomic mass is 10.0. The molecule has 4 nitrogen and oxygen atoms in total. The number of phenols is 1. The number of fused-ring (bicyclic) bond motifs is 1. The van der Waals surface area contributed by atoms with Crippen LogP contribution in [-0.2, 0) is 0 Å². The number of ether oxygens (including phenoxy) is 1. The highest BCUT2D eigenvalue weighted by atomic mass is 16.5. The molecule has 1 unspecified atom stereocenters. The second-order valence-corrected chi connectivity index (χ2v) is 4.24. The monoisotopic (exact) mass is 252 g/mol. The van der Waals surface area contributed by atoms with Crippen molar-refractivity contribution in [2.75, 3.05) is 0 Å². The molecule has 19 heavy (non-hydrogen) atoms. The second-order valence-electron chi connectivity index (χ2n) is 4.24. The molecule has 2 aromatic rings. The molecule has 2 aromatic carbocycles. The van der Waals surface area contributed by atoms with Gasteiger partial charge in [0, 0.05) is 12.3 Å². The van der Waals surface area contributed by atoms with Gasteiger partial charge in [-0.25, -0.2) is 4.99 Å². The first-order valence-electron chi connectivity index (χ1n) is 5.91. The molecule has 3 rings (SSSR count). The highest BCUT2D eigenvalue weighted by molar-refractivity contribution is 6.32. The number of phenolic OH excluding ortho intramolecular Hbond substituents is 1. The van der Waals surface area contributed by atoms with Gasteiger partial charge in [-0.1, -0.05) is 30.3 Å². The lowest BCUT2D eigenvalue weighted by molar-refractivity contribution is 0.271. The van der Waals surface area contributed by atoms with Crippen molar-refractivity contribution in [3.8, 4) is 11.5 Å². The minimum absolute atomic E-state index is 0.133. The predicted molar refractivity (Wildman–Crippen MR) is 73.8 cm³/mol. The lowest BCUT2D eigenvalue weighted by Gasteiger charge is -2.24. The zero-order chi connectivity index (χ0) is 13.2. The molecule has 0 radical (unpaired) electrons. The summed E-state index contributed by atoms with van der Waals surface area (Å²) in [4.78, 5) is 4.37. The van der Waals surface area contributed by atoms with Crippen LogP contribution in [0.4, 0.5) is 5.69 Å². The smallest absolute Gasteiger partial charge is 0.167 e. The summed E-state index contributed by atoms with van der Waals surface area (Å²) in [5.41, 5.74) is 2.01. The number of hydrogen-bond acceptors (Lipinski definition) is 4. The van der Waals surface area contributed by atoms with E-state index in [1.54, 1.807) is 12.1 Å². The third-order valence-corrected chi connectivity index (χ3v) is 2.96. The molecule has 2 N–H and O–H groups in total. The van der Waals surface area contributed by atoms with Gasteiger partial charge in [0.1, 0.15) is 22.9 Å². The standard InChI is InChI=1S/C15H12N2O2/c16-9-13-15(10-4-2-1-3-5-10)19-14-7-6-11(18)8-12(14)17-13/h1-9,15-16,18H.